The Morgan fingerprint density at radius 3 is 2.24 bits per heavy atom. The number of anilines is 1. The number of carbonyl (C=O) groups excluding carboxylic acids is 1. The van der Waals surface area contributed by atoms with Gasteiger partial charge < -0.3 is 10.1 Å². The van der Waals surface area contributed by atoms with Crippen LogP contribution in [0.25, 0.3) is 0 Å². The quantitative estimate of drug-likeness (QED) is 0.700. The van der Waals surface area contributed by atoms with E-state index in [-0.39, 0.29) is 11.7 Å². The van der Waals surface area contributed by atoms with Gasteiger partial charge in [0.1, 0.15) is 5.75 Å². The number of aryl methyl sites for hydroxylation is 3. The van der Waals surface area contributed by atoms with Gasteiger partial charge in [0.2, 0.25) is 5.91 Å². The number of alkyl halides is 3. The third-order valence-corrected chi connectivity index (χ3v) is 4.78. The van der Waals surface area contributed by atoms with Crippen LogP contribution in [-0.2, 0) is 11.3 Å². The molecule has 0 radical (unpaired) electrons. The van der Waals surface area contributed by atoms with E-state index < -0.39 is 18.8 Å². The minimum absolute atomic E-state index is 0.125. The molecule has 0 bridgehead atoms. The number of para-hydroxylation sites is 1. The monoisotopic (exact) mass is 408 g/mol. The van der Waals surface area contributed by atoms with E-state index in [1.54, 1.807) is 26.0 Å². The van der Waals surface area contributed by atoms with Crippen molar-refractivity contribution in [1.29, 1.82) is 0 Å². The second kappa shape index (κ2) is 9.31. The molecule has 158 valence electrons. The molecule has 0 aliphatic rings. The zero-order valence-electron chi connectivity index (χ0n) is 17.4. The highest BCUT2D eigenvalue weighted by Crippen LogP contribution is 2.28. The van der Waals surface area contributed by atoms with E-state index in [9.17, 15) is 18.0 Å². The molecule has 0 fully saturated rings. The molecule has 0 aromatic heterocycles. The third kappa shape index (κ3) is 6.49. The van der Waals surface area contributed by atoms with E-state index in [1.165, 1.54) is 0 Å². The number of rotatable bonds is 7. The maximum absolute atomic E-state index is 12.6. The van der Waals surface area contributed by atoms with Crippen LogP contribution in [0.4, 0.5) is 18.9 Å². The summed E-state index contributed by atoms with van der Waals surface area (Å²) in [6.07, 6.45) is -4.38. The number of benzene rings is 2. The molecule has 1 unspecified atom stereocenters. The molecule has 0 saturated carbocycles. The lowest BCUT2D eigenvalue weighted by atomic mass is 10.0. The Morgan fingerprint density at radius 1 is 1.10 bits per heavy atom. The van der Waals surface area contributed by atoms with E-state index in [0.717, 1.165) is 16.8 Å². The summed E-state index contributed by atoms with van der Waals surface area (Å²) in [6, 6.07) is 10.8. The molecule has 0 saturated heterocycles. The number of hydrogen-bond acceptors (Lipinski definition) is 3. The lowest BCUT2D eigenvalue weighted by Gasteiger charge is -2.25. The minimum atomic E-state index is -4.38. The van der Waals surface area contributed by atoms with Crippen molar-refractivity contribution in [3.63, 3.8) is 0 Å². The maximum atomic E-state index is 12.6. The number of nitrogens with one attached hydrogen (secondary N) is 1. The molecule has 0 aliphatic carbocycles. The van der Waals surface area contributed by atoms with Gasteiger partial charge in [-0.3, -0.25) is 9.69 Å². The van der Waals surface area contributed by atoms with Crippen LogP contribution in [0.3, 0.4) is 0 Å². The first-order valence-electron chi connectivity index (χ1n) is 9.34. The maximum Gasteiger partial charge on any atom is 0.422 e. The Balaban J connectivity index is 2.04. The van der Waals surface area contributed by atoms with Gasteiger partial charge in [0.15, 0.2) is 6.61 Å². The largest absolute Gasteiger partial charge is 0.484 e. The minimum Gasteiger partial charge on any atom is -0.484 e. The second-order valence-corrected chi connectivity index (χ2v) is 7.36. The molecule has 1 N–H and O–H groups in total. The molecule has 0 aliphatic heterocycles. The Hall–Kier alpha value is -2.54. The van der Waals surface area contributed by atoms with Crippen LogP contribution in [0.2, 0.25) is 0 Å². The van der Waals surface area contributed by atoms with Crippen LogP contribution in [0, 0.1) is 20.8 Å². The zero-order chi connectivity index (χ0) is 21.8. The Kier molecular flexibility index (Phi) is 7.30. The van der Waals surface area contributed by atoms with Gasteiger partial charge in [-0.25, -0.2) is 0 Å². The van der Waals surface area contributed by atoms with Crippen LogP contribution in [-0.4, -0.2) is 36.7 Å². The summed E-state index contributed by atoms with van der Waals surface area (Å²) in [4.78, 5) is 14.5. The Labute approximate surface area is 169 Å². The molecular weight excluding hydrogens is 381 g/mol. The van der Waals surface area contributed by atoms with Gasteiger partial charge in [0.05, 0.1) is 6.04 Å². The molecule has 2 rings (SSSR count). The van der Waals surface area contributed by atoms with Gasteiger partial charge in [-0.1, -0.05) is 30.3 Å². The van der Waals surface area contributed by atoms with Gasteiger partial charge in [0, 0.05) is 12.2 Å². The highest BCUT2D eigenvalue weighted by molar-refractivity contribution is 5.95. The molecule has 0 heterocycles. The predicted molar refractivity (Wildman–Crippen MR) is 108 cm³/mol. The highest BCUT2D eigenvalue weighted by atomic mass is 19.4. The molecule has 29 heavy (non-hydrogen) atoms. The average molecular weight is 408 g/mol. The van der Waals surface area contributed by atoms with Crippen molar-refractivity contribution in [2.75, 3.05) is 19.0 Å². The van der Waals surface area contributed by atoms with Gasteiger partial charge in [-0.15, -0.1) is 0 Å². The smallest absolute Gasteiger partial charge is 0.422 e. The summed E-state index contributed by atoms with van der Waals surface area (Å²) in [7, 11) is 1.83. The second-order valence-electron chi connectivity index (χ2n) is 7.36. The fourth-order valence-corrected chi connectivity index (χ4v) is 3.09. The molecule has 0 spiro atoms. The topological polar surface area (TPSA) is 41.6 Å². The van der Waals surface area contributed by atoms with E-state index >= 15 is 0 Å². The third-order valence-electron chi connectivity index (χ3n) is 4.78. The lowest BCUT2D eigenvalue weighted by molar-refractivity contribution is -0.153. The fourth-order valence-electron chi connectivity index (χ4n) is 3.09. The van der Waals surface area contributed by atoms with Crippen LogP contribution >= 0.6 is 0 Å². The van der Waals surface area contributed by atoms with E-state index in [0.29, 0.717) is 17.7 Å². The number of ether oxygens (including phenoxy) is 1. The first kappa shape index (κ1) is 22.7. The first-order chi connectivity index (χ1) is 13.5. The van der Waals surface area contributed by atoms with Crippen molar-refractivity contribution in [2.45, 2.75) is 46.5 Å². The van der Waals surface area contributed by atoms with Crippen molar-refractivity contribution in [1.82, 2.24) is 4.90 Å². The molecule has 1 atom stereocenters. The SMILES string of the molecule is Cc1ccccc1NC(=O)C(C)N(C)Cc1cc(C)c(OCC(F)(F)F)c(C)c1. The van der Waals surface area contributed by atoms with Crippen LogP contribution in [0.1, 0.15) is 29.2 Å². The number of carbonyl (C=O) groups is 1. The summed E-state index contributed by atoms with van der Waals surface area (Å²) in [5.41, 5.74) is 3.92. The number of likely N-dealkylation sites (N-methyl/N-ethyl adjacent to an activating group) is 1. The molecule has 4 nitrogen and oxygen atoms in total. The molecular formula is C22H27F3N2O2. The van der Waals surface area contributed by atoms with E-state index in [2.05, 4.69) is 5.32 Å². The summed E-state index contributed by atoms with van der Waals surface area (Å²) in [6.45, 7) is 6.34. The molecule has 2 aromatic carbocycles. The molecule has 1 amide bonds. The van der Waals surface area contributed by atoms with Crippen molar-refractivity contribution < 1.29 is 22.7 Å². The summed E-state index contributed by atoms with van der Waals surface area (Å²) < 4.78 is 42.2. The van der Waals surface area contributed by atoms with Crippen molar-refractivity contribution in [3.8, 4) is 5.75 Å². The van der Waals surface area contributed by atoms with Crippen LogP contribution in [0.5, 0.6) is 5.75 Å². The summed E-state index contributed by atoms with van der Waals surface area (Å²) >= 11 is 0. The van der Waals surface area contributed by atoms with Crippen molar-refractivity contribution in [2.24, 2.45) is 0 Å². The van der Waals surface area contributed by atoms with Gasteiger partial charge in [0.25, 0.3) is 0 Å². The van der Waals surface area contributed by atoms with Crippen molar-refractivity contribution in [3.05, 3.63) is 58.7 Å². The first-order valence-corrected chi connectivity index (χ1v) is 9.34. The van der Waals surface area contributed by atoms with Crippen LogP contribution < -0.4 is 10.1 Å². The summed E-state index contributed by atoms with van der Waals surface area (Å²) in [5, 5.41) is 2.93. The zero-order valence-corrected chi connectivity index (χ0v) is 17.4. The number of hydrogen-bond donors (Lipinski definition) is 1. The number of halogens is 3. The van der Waals surface area contributed by atoms with E-state index in [4.69, 9.17) is 4.74 Å². The van der Waals surface area contributed by atoms with Gasteiger partial charge >= 0.3 is 6.18 Å². The fraction of sp³-hybridized carbons (Fsp3) is 0.409. The Morgan fingerprint density at radius 2 is 1.69 bits per heavy atom. The van der Waals surface area contributed by atoms with Crippen LogP contribution in [0.15, 0.2) is 36.4 Å². The molecule has 2 aromatic rings. The van der Waals surface area contributed by atoms with Gasteiger partial charge in [-0.2, -0.15) is 13.2 Å². The average Bonchev–Trinajstić information content (AvgIpc) is 2.61. The molecule has 7 heteroatoms. The standard InChI is InChI=1S/C22H27F3N2O2/c1-14-8-6-7-9-19(14)26-21(28)17(4)27(5)12-18-10-15(2)20(16(3)11-18)29-13-22(23,24)25/h6-11,17H,12-13H2,1-5H3,(H,26,28). The van der Waals surface area contributed by atoms with E-state index in [1.807, 2.05) is 50.1 Å². The predicted octanol–water partition coefficient (Wildman–Crippen LogP) is 5.01. The summed E-state index contributed by atoms with van der Waals surface area (Å²) in [5.74, 6) is 0.124. The Bertz CT molecular complexity index is 842. The number of nitrogens with zero attached hydrogens (tertiary/aromatic N) is 1. The van der Waals surface area contributed by atoms with Gasteiger partial charge in [-0.05, 0) is 63.1 Å². The van der Waals surface area contributed by atoms with Crippen molar-refractivity contribution >= 4 is 11.6 Å². The highest BCUT2D eigenvalue weighted by Gasteiger charge is 2.29. The normalized spacial score (nSPS) is 12.7. The lowest BCUT2D eigenvalue weighted by Crippen LogP contribution is -2.39. The number of amides is 1.